The number of piperidine rings is 1. The van der Waals surface area contributed by atoms with Crippen molar-refractivity contribution >= 4 is 17.4 Å². The predicted molar refractivity (Wildman–Crippen MR) is 80.1 cm³/mol. The molecule has 112 valence electrons. The van der Waals surface area contributed by atoms with Crippen molar-refractivity contribution in [1.29, 1.82) is 0 Å². The van der Waals surface area contributed by atoms with E-state index >= 15 is 0 Å². The van der Waals surface area contributed by atoms with E-state index in [1.165, 1.54) is 11.5 Å². The second kappa shape index (κ2) is 6.34. The van der Waals surface area contributed by atoms with Crippen LogP contribution < -0.4 is 0 Å². The van der Waals surface area contributed by atoms with E-state index < -0.39 is 0 Å². The molecule has 3 heterocycles. The lowest BCUT2D eigenvalue weighted by Gasteiger charge is -2.31. The summed E-state index contributed by atoms with van der Waals surface area (Å²) in [6.45, 7) is 4.47. The number of hydrogen-bond acceptors (Lipinski definition) is 5. The molecule has 0 aromatic carbocycles. The largest absolute Gasteiger partial charge is 0.338 e. The minimum Gasteiger partial charge on any atom is -0.338 e. The Morgan fingerprint density at radius 3 is 2.86 bits per heavy atom. The highest BCUT2D eigenvalue weighted by Crippen LogP contribution is 2.23. The van der Waals surface area contributed by atoms with Gasteiger partial charge in [-0.2, -0.15) is 5.10 Å². The highest BCUT2D eigenvalue weighted by molar-refractivity contribution is 7.07. The number of rotatable bonds is 4. The molecular formula is C14H19N5OS. The van der Waals surface area contributed by atoms with Gasteiger partial charge in [-0.05, 0) is 49.7 Å². The lowest BCUT2D eigenvalue weighted by molar-refractivity contribution is 0.0688. The fourth-order valence-electron chi connectivity index (χ4n) is 2.74. The van der Waals surface area contributed by atoms with E-state index in [1.54, 1.807) is 0 Å². The van der Waals surface area contributed by atoms with E-state index in [0.717, 1.165) is 44.6 Å². The summed E-state index contributed by atoms with van der Waals surface area (Å²) < 4.78 is 5.82. The van der Waals surface area contributed by atoms with Crippen molar-refractivity contribution in [3.63, 3.8) is 0 Å². The standard InChI is InChI=1S/C14H19N5OS/c1-11-13(21-17-16-11)14(20)18-8-3-12(4-9-18)5-10-19-7-2-6-15-19/h2,6-7,12H,3-5,8-10H2,1H3. The minimum atomic E-state index is 0.0908. The van der Waals surface area contributed by atoms with Gasteiger partial charge >= 0.3 is 0 Å². The summed E-state index contributed by atoms with van der Waals surface area (Å²) in [4.78, 5) is 15.0. The van der Waals surface area contributed by atoms with Crippen LogP contribution >= 0.6 is 11.5 Å². The molecule has 1 aliphatic heterocycles. The van der Waals surface area contributed by atoms with Crippen molar-refractivity contribution in [2.75, 3.05) is 13.1 Å². The topological polar surface area (TPSA) is 63.9 Å². The summed E-state index contributed by atoms with van der Waals surface area (Å²) in [7, 11) is 0. The van der Waals surface area contributed by atoms with Crippen LogP contribution in [0.5, 0.6) is 0 Å². The van der Waals surface area contributed by atoms with Gasteiger partial charge in [0.25, 0.3) is 5.91 Å². The summed E-state index contributed by atoms with van der Waals surface area (Å²) in [5.74, 6) is 0.770. The number of amides is 1. The van der Waals surface area contributed by atoms with Crippen LogP contribution in [0.2, 0.25) is 0 Å². The zero-order valence-corrected chi connectivity index (χ0v) is 12.9. The second-order valence-corrected chi connectivity index (χ2v) is 6.23. The average Bonchev–Trinajstić information content (AvgIpc) is 3.16. The quantitative estimate of drug-likeness (QED) is 0.866. The van der Waals surface area contributed by atoms with Gasteiger partial charge in [-0.1, -0.05) is 4.49 Å². The first-order valence-electron chi connectivity index (χ1n) is 7.29. The van der Waals surface area contributed by atoms with E-state index in [2.05, 4.69) is 14.7 Å². The van der Waals surface area contributed by atoms with Gasteiger partial charge in [0.1, 0.15) is 4.88 Å². The summed E-state index contributed by atoms with van der Waals surface area (Å²) in [5, 5.41) is 8.14. The smallest absolute Gasteiger partial charge is 0.267 e. The molecule has 0 saturated carbocycles. The van der Waals surface area contributed by atoms with Crippen LogP contribution in [-0.4, -0.2) is 43.3 Å². The molecule has 1 amide bonds. The number of carbonyl (C=O) groups excluding carboxylic acids is 1. The average molecular weight is 305 g/mol. The van der Waals surface area contributed by atoms with Crippen molar-refractivity contribution in [1.82, 2.24) is 24.3 Å². The molecule has 0 atom stereocenters. The highest BCUT2D eigenvalue weighted by atomic mass is 32.1. The molecule has 2 aromatic rings. The zero-order chi connectivity index (χ0) is 14.7. The molecule has 1 aliphatic rings. The van der Waals surface area contributed by atoms with Gasteiger partial charge in [0, 0.05) is 32.0 Å². The number of likely N-dealkylation sites (tertiary alicyclic amines) is 1. The molecule has 1 fully saturated rings. The molecule has 3 rings (SSSR count). The molecule has 1 saturated heterocycles. The third kappa shape index (κ3) is 3.29. The SMILES string of the molecule is Cc1nnsc1C(=O)N1CCC(CCn2cccn2)CC1. The number of carbonyl (C=O) groups is 1. The third-order valence-corrected chi connectivity index (χ3v) is 4.89. The van der Waals surface area contributed by atoms with Gasteiger partial charge in [-0.3, -0.25) is 9.48 Å². The molecule has 0 aliphatic carbocycles. The Morgan fingerprint density at radius 1 is 1.43 bits per heavy atom. The van der Waals surface area contributed by atoms with Crippen molar-refractivity contribution in [2.24, 2.45) is 5.92 Å². The van der Waals surface area contributed by atoms with Gasteiger partial charge < -0.3 is 4.90 Å². The van der Waals surface area contributed by atoms with Crippen molar-refractivity contribution in [3.05, 3.63) is 29.0 Å². The molecule has 2 aromatic heterocycles. The normalized spacial score (nSPS) is 16.3. The van der Waals surface area contributed by atoms with Gasteiger partial charge in [0.05, 0.1) is 5.69 Å². The third-order valence-electron chi connectivity index (χ3n) is 4.07. The molecule has 0 radical (unpaired) electrons. The summed E-state index contributed by atoms with van der Waals surface area (Å²) in [6.07, 6.45) is 7.08. The van der Waals surface area contributed by atoms with Crippen molar-refractivity contribution in [2.45, 2.75) is 32.7 Å². The first-order valence-corrected chi connectivity index (χ1v) is 8.07. The molecule has 0 bridgehead atoms. The lowest BCUT2D eigenvalue weighted by Crippen LogP contribution is -2.38. The molecule has 21 heavy (non-hydrogen) atoms. The molecule has 0 unspecified atom stereocenters. The summed E-state index contributed by atoms with van der Waals surface area (Å²) in [6, 6.07) is 1.95. The van der Waals surface area contributed by atoms with E-state index in [0.29, 0.717) is 10.8 Å². The maximum atomic E-state index is 12.4. The van der Waals surface area contributed by atoms with Crippen LogP contribution in [0.25, 0.3) is 0 Å². The predicted octanol–water partition coefficient (Wildman–Crippen LogP) is 1.99. The Morgan fingerprint density at radius 2 is 2.24 bits per heavy atom. The van der Waals surface area contributed by atoms with E-state index in [4.69, 9.17) is 0 Å². The molecular weight excluding hydrogens is 286 g/mol. The molecule has 0 N–H and O–H groups in total. The minimum absolute atomic E-state index is 0.0908. The van der Waals surface area contributed by atoms with Gasteiger partial charge in [-0.15, -0.1) is 5.10 Å². The number of nitrogens with zero attached hydrogens (tertiary/aromatic N) is 5. The maximum absolute atomic E-state index is 12.4. The van der Waals surface area contributed by atoms with Crippen molar-refractivity contribution < 1.29 is 4.79 Å². The fraction of sp³-hybridized carbons (Fsp3) is 0.571. The number of aromatic nitrogens is 4. The van der Waals surface area contributed by atoms with Crippen LogP contribution in [0.15, 0.2) is 18.5 Å². The number of hydrogen-bond donors (Lipinski definition) is 0. The van der Waals surface area contributed by atoms with E-state index in [9.17, 15) is 4.79 Å². The first kappa shape index (κ1) is 14.2. The Balaban J connectivity index is 1.49. The van der Waals surface area contributed by atoms with Gasteiger partial charge in [0.2, 0.25) is 0 Å². The Bertz CT molecular complexity index is 586. The van der Waals surface area contributed by atoms with Crippen molar-refractivity contribution in [3.8, 4) is 0 Å². The van der Waals surface area contributed by atoms with Crippen LogP contribution in [0.3, 0.4) is 0 Å². The van der Waals surface area contributed by atoms with Crippen LogP contribution in [0, 0.1) is 12.8 Å². The monoisotopic (exact) mass is 305 g/mol. The zero-order valence-electron chi connectivity index (χ0n) is 12.1. The highest BCUT2D eigenvalue weighted by Gasteiger charge is 2.25. The fourth-order valence-corrected chi connectivity index (χ4v) is 3.37. The van der Waals surface area contributed by atoms with Crippen LogP contribution in [-0.2, 0) is 6.54 Å². The van der Waals surface area contributed by atoms with E-state index in [-0.39, 0.29) is 5.91 Å². The Hall–Kier alpha value is -1.76. The van der Waals surface area contributed by atoms with E-state index in [1.807, 2.05) is 35.0 Å². The summed E-state index contributed by atoms with van der Waals surface area (Å²) >= 11 is 1.20. The Labute approximate surface area is 127 Å². The van der Waals surface area contributed by atoms with Crippen LogP contribution in [0.4, 0.5) is 0 Å². The summed E-state index contributed by atoms with van der Waals surface area (Å²) in [5.41, 5.74) is 0.741. The molecule has 0 spiro atoms. The Kier molecular flexibility index (Phi) is 4.28. The van der Waals surface area contributed by atoms with Gasteiger partial charge in [-0.25, -0.2) is 0 Å². The lowest BCUT2D eigenvalue weighted by atomic mass is 9.93. The number of aryl methyl sites for hydroxylation is 2. The van der Waals surface area contributed by atoms with Crippen LogP contribution in [0.1, 0.15) is 34.6 Å². The molecule has 6 nitrogen and oxygen atoms in total. The second-order valence-electron chi connectivity index (χ2n) is 5.48. The molecule has 7 heteroatoms. The first-order chi connectivity index (χ1) is 10.2. The maximum Gasteiger partial charge on any atom is 0.267 e. The van der Waals surface area contributed by atoms with Gasteiger partial charge in [0.15, 0.2) is 0 Å².